The van der Waals surface area contributed by atoms with Crippen LogP contribution in [0.25, 0.3) is 10.6 Å². The molecule has 3 aromatic rings. The molecule has 1 N–H and O–H groups in total. The van der Waals surface area contributed by atoms with Crippen molar-refractivity contribution in [2.24, 2.45) is 0 Å². The number of amides is 1. The van der Waals surface area contributed by atoms with Crippen molar-refractivity contribution < 1.29 is 18.3 Å². The Kier molecular flexibility index (Phi) is 5.93. The average Bonchev–Trinajstić information content (AvgIpc) is 3.18. The number of thiazole rings is 1. The van der Waals surface area contributed by atoms with Gasteiger partial charge in [-0.3, -0.25) is 4.79 Å². The van der Waals surface area contributed by atoms with Crippen molar-refractivity contribution in [3.63, 3.8) is 0 Å². The van der Waals surface area contributed by atoms with Gasteiger partial charge in [0.15, 0.2) is 11.6 Å². The van der Waals surface area contributed by atoms with Gasteiger partial charge in [0.25, 0.3) is 5.91 Å². The molecule has 2 aromatic carbocycles. The van der Waals surface area contributed by atoms with Crippen LogP contribution in [0.3, 0.4) is 0 Å². The van der Waals surface area contributed by atoms with E-state index in [4.69, 9.17) is 4.74 Å². The van der Waals surface area contributed by atoms with Crippen LogP contribution in [0.4, 0.5) is 8.78 Å². The molecular weight excluding hydrogens is 370 g/mol. The Balaban J connectivity index is 1.63. The summed E-state index contributed by atoms with van der Waals surface area (Å²) in [5.41, 5.74) is 1.74. The van der Waals surface area contributed by atoms with Gasteiger partial charge in [-0.2, -0.15) is 0 Å². The molecule has 0 aliphatic rings. The highest BCUT2D eigenvalue weighted by Gasteiger charge is 2.11. The summed E-state index contributed by atoms with van der Waals surface area (Å²) in [5, 5.41) is 5.09. The minimum Gasteiger partial charge on any atom is -0.489 e. The lowest BCUT2D eigenvalue weighted by Crippen LogP contribution is -2.23. The van der Waals surface area contributed by atoms with Crippen molar-refractivity contribution in [3.8, 4) is 16.3 Å². The molecule has 0 radical (unpaired) electrons. The van der Waals surface area contributed by atoms with Crippen molar-refractivity contribution in [1.29, 1.82) is 0 Å². The fraction of sp³-hybridized carbons (Fsp3) is 0.100. The van der Waals surface area contributed by atoms with E-state index in [2.05, 4.69) is 16.9 Å². The highest BCUT2D eigenvalue weighted by molar-refractivity contribution is 7.13. The van der Waals surface area contributed by atoms with Crippen molar-refractivity contribution in [1.82, 2.24) is 10.3 Å². The number of benzene rings is 2. The molecule has 1 aromatic heterocycles. The monoisotopic (exact) mass is 386 g/mol. The Morgan fingerprint density at radius 1 is 1.19 bits per heavy atom. The first kappa shape index (κ1) is 18.7. The van der Waals surface area contributed by atoms with Crippen LogP contribution in [-0.4, -0.2) is 17.4 Å². The lowest BCUT2D eigenvalue weighted by Gasteiger charge is -2.07. The molecule has 0 aliphatic carbocycles. The SMILES string of the molecule is C=CCNC(=O)c1csc(-c2ccc(OCc3ccc(F)c(F)c3)cc2)n1. The zero-order valence-electron chi connectivity index (χ0n) is 14.2. The smallest absolute Gasteiger partial charge is 0.271 e. The number of ether oxygens (including phenoxy) is 1. The van der Waals surface area contributed by atoms with E-state index < -0.39 is 11.6 Å². The molecule has 0 spiro atoms. The van der Waals surface area contributed by atoms with E-state index in [1.165, 1.54) is 17.4 Å². The third kappa shape index (κ3) is 4.77. The predicted octanol–water partition coefficient (Wildman–Crippen LogP) is 4.58. The molecule has 3 rings (SSSR count). The first-order valence-corrected chi connectivity index (χ1v) is 8.96. The number of rotatable bonds is 7. The van der Waals surface area contributed by atoms with Crippen LogP contribution in [0, 0.1) is 11.6 Å². The maximum Gasteiger partial charge on any atom is 0.271 e. The van der Waals surface area contributed by atoms with Gasteiger partial charge >= 0.3 is 0 Å². The van der Waals surface area contributed by atoms with E-state index in [0.29, 0.717) is 28.6 Å². The second-order valence-corrected chi connectivity index (χ2v) is 6.46. The maximum atomic E-state index is 13.2. The van der Waals surface area contributed by atoms with Crippen molar-refractivity contribution in [3.05, 3.63) is 83.4 Å². The minimum absolute atomic E-state index is 0.126. The van der Waals surface area contributed by atoms with Crippen LogP contribution in [0.2, 0.25) is 0 Å². The van der Waals surface area contributed by atoms with Crippen LogP contribution in [-0.2, 0) is 6.61 Å². The number of hydrogen-bond acceptors (Lipinski definition) is 4. The minimum atomic E-state index is -0.900. The first-order valence-electron chi connectivity index (χ1n) is 8.08. The molecule has 7 heteroatoms. The molecule has 0 unspecified atom stereocenters. The topological polar surface area (TPSA) is 51.2 Å². The molecule has 0 saturated carbocycles. The fourth-order valence-electron chi connectivity index (χ4n) is 2.26. The summed E-state index contributed by atoms with van der Waals surface area (Å²) in [5.74, 6) is -1.44. The normalized spacial score (nSPS) is 10.4. The van der Waals surface area contributed by atoms with Gasteiger partial charge in [-0.15, -0.1) is 17.9 Å². The van der Waals surface area contributed by atoms with Gasteiger partial charge in [0.2, 0.25) is 0 Å². The van der Waals surface area contributed by atoms with Gasteiger partial charge < -0.3 is 10.1 Å². The van der Waals surface area contributed by atoms with E-state index in [1.807, 2.05) is 12.1 Å². The molecule has 1 heterocycles. The Bertz CT molecular complexity index is 955. The van der Waals surface area contributed by atoms with E-state index in [0.717, 1.165) is 17.7 Å². The summed E-state index contributed by atoms with van der Waals surface area (Å²) in [6.45, 7) is 4.06. The summed E-state index contributed by atoms with van der Waals surface area (Å²) >= 11 is 1.37. The van der Waals surface area contributed by atoms with Crippen molar-refractivity contribution in [2.45, 2.75) is 6.61 Å². The Labute approximate surface area is 159 Å². The fourth-order valence-corrected chi connectivity index (χ4v) is 3.06. The summed E-state index contributed by atoms with van der Waals surface area (Å²) in [7, 11) is 0. The molecule has 0 saturated heterocycles. The lowest BCUT2D eigenvalue weighted by molar-refractivity contribution is 0.0954. The maximum absolute atomic E-state index is 13.2. The number of carbonyl (C=O) groups excluding carboxylic acids is 1. The number of nitrogens with zero attached hydrogens (tertiary/aromatic N) is 1. The molecule has 138 valence electrons. The Morgan fingerprint density at radius 3 is 2.67 bits per heavy atom. The number of nitrogens with one attached hydrogen (secondary N) is 1. The van der Waals surface area contributed by atoms with Crippen LogP contribution in [0.1, 0.15) is 16.1 Å². The third-order valence-corrected chi connectivity index (χ3v) is 4.53. The highest BCUT2D eigenvalue weighted by Crippen LogP contribution is 2.26. The Hall–Kier alpha value is -3.06. The number of hydrogen-bond donors (Lipinski definition) is 1. The molecule has 0 aliphatic heterocycles. The summed E-state index contributed by atoms with van der Waals surface area (Å²) in [6.07, 6.45) is 1.60. The van der Waals surface area contributed by atoms with Crippen molar-refractivity contribution >= 4 is 17.2 Å². The van der Waals surface area contributed by atoms with Crippen molar-refractivity contribution in [2.75, 3.05) is 6.54 Å². The van der Waals surface area contributed by atoms with E-state index in [9.17, 15) is 13.6 Å². The predicted molar refractivity (Wildman–Crippen MR) is 101 cm³/mol. The zero-order valence-corrected chi connectivity index (χ0v) is 15.1. The van der Waals surface area contributed by atoms with Gasteiger partial charge in [-0.05, 0) is 42.0 Å². The molecule has 0 fully saturated rings. The van der Waals surface area contributed by atoms with Crippen LogP contribution in [0.15, 0.2) is 60.5 Å². The second kappa shape index (κ2) is 8.55. The van der Waals surface area contributed by atoms with Gasteiger partial charge in [-0.1, -0.05) is 12.1 Å². The quantitative estimate of drug-likeness (QED) is 0.605. The van der Waals surface area contributed by atoms with Gasteiger partial charge in [0.1, 0.15) is 23.1 Å². The van der Waals surface area contributed by atoms with Crippen LogP contribution < -0.4 is 10.1 Å². The number of halogens is 2. The van der Waals surface area contributed by atoms with E-state index in [1.54, 1.807) is 23.6 Å². The molecule has 4 nitrogen and oxygen atoms in total. The molecule has 1 amide bonds. The summed E-state index contributed by atoms with van der Waals surface area (Å²) in [4.78, 5) is 16.2. The third-order valence-electron chi connectivity index (χ3n) is 3.63. The van der Waals surface area contributed by atoms with Gasteiger partial charge in [0.05, 0.1) is 0 Å². The highest BCUT2D eigenvalue weighted by atomic mass is 32.1. The zero-order chi connectivity index (χ0) is 19.2. The van der Waals surface area contributed by atoms with Gasteiger partial charge in [-0.25, -0.2) is 13.8 Å². The molecular formula is C20H16F2N2O2S. The molecule has 27 heavy (non-hydrogen) atoms. The Morgan fingerprint density at radius 2 is 1.96 bits per heavy atom. The van der Waals surface area contributed by atoms with Crippen LogP contribution in [0.5, 0.6) is 5.75 Å². The van der Waals surface area contributed by atoms with E-state index in [-0.39, 0.29) is 12.5 Å². The molecule has 0 atom stereocenters. The second-order valence-electron chi connectivity index (χ2n) is 5.60. The first-order chi connectivity index (χ1) is 13.1. The number of carbonyl (C=O) groups is 1. The van der Waals surface area contributed by atoms with E-state index >= 15 is 0 Å². The summed E-state index contributed by atoms with van der Waals surface area (Å²) < 4.78 is 31.7. The lowest BCUT2D eigenvalue weighted by atomic mass is 10.2. The van der Waals surface area contributed by atoms with Gasteiger partial charge in [0, 0.05) is 17.5 Å². The standard InChI is InChI=1S/C20H16F2N2O2S/c1-2-9-23-19(25)18-12-27-20(24-18)14-4-6-15(7-5-14)26-11-13-3-8-16(21)17(22)10-13/h2-8,10,12H,1,9,11H2,(H,23,25). The largest absolute Gasteiger partial charge is 0.489 e. The number of aromatic nitrogens is 1. The average molecular weight is 386 g/mol. The molecule has 0 bridgehead atoms. The summed E-state index contributed by atoms with van der Waals surface area (Å²) in [6, 6.07) is 10.8. The van der Waals surface area contributed by atoms with Crippen LogP contribution >= 0.6 is 11.3 Å².